The van der Waals surface area contributed by atoms with E-state index in [1.54, 1.807) is 0 Å². The van der Waals surface area contributed by atoms with Crippen molar-refractivity contribution in [3.63, 3.8) is 0 Å². The van der Waals surface area contributed by atoms with Crippen molar-refractivity contribution in [1.29, 1.82) is 0 Å². The molecule has 0 aromatic rings. The third kappa shape index (κ3) is 22.3. The highest BCUT2D eigenvalue weighted by Gasteiger charge is 2.19. The van der Waals surface area contributed by atoms with Gasteiger partial charge in [0.25, 0.3) is 0 Å². The predicted molar refractivity (Wildman–Crippen MR) is 82.5 cm³/mol. The van der Waals surface area contributed by atoms with E-state index in [-0.39, 0.29) is 19.1 Å². The van der Waals surface area contributed by atoms with Crippen LogP contribution < -0.4 is 0 Å². The van der Waals surface area contributed by atoms with Gasteiger partial charge in [-0.05, 0) is 0 Å². The highest BCUT2D eigenvalue weighted by Crippen LogP contribution is 2.08. The maximum Gasteiger partial charge on any atom is 0.0944 e. The van der Waals surface area contributed by atoms with Crippen LogP contribution in [0.3, 0.4) is 0 Å². The van der Waals surface area contributed by atoms with Crippen molar-refractivity contribution in [3.05, 3.63) is 0 Å². The number of epoxide rings is 1. The third-order valence-electron chi connectivity index (χ3n) is 1.40. The second kappa shape index (κ2) is 18.1. The lowest BCUT2D eigenvalue weighted by molar-refractivity contribution is 0.223. The molecule has 0 aromatic carbocycles. The van der Waals surface area contributed by atoms with Gasteiger partial charge in [0.05, 0.1) is 37.9 Å². The van der Waals surface area contributed by atoms with Gasteiger partial charge in [0.15, 0.2) is 0 Å². The highest BCUT2D eigenvalue weighted by atomic mass is 35.5. The van der Waals surface area contributed by atoms with E-state index in [1.165, 1.54) is 11.8 Å². The molecule has 4 nitrogen and oxygen atoms in total. The summed E-state index contributed by atoms with van der Waals surface area (Å²) >= 11 is 15.8. The molecule has 2 atom stereocenters. The number of aliphatic hydroxyl groups is 3. The van der Waals surface area contributed by atoms with Crippen LogP contribution in [0.2, 0.25) is 0 Å². The number of rotatable bonds is 7. The molecule has 1 rings (SSSR count). The highest BCUT2D eigenvalue weighted by molar-refractivity contribution is 7.99. The zero-order valence-corrected chi connectivity index (χ0v) is 13.4. The molecule has 0 aliphatic carbocycles. The number of alkyl halides is 2. The Morgan fingerprint density at radius 3 is 2.11 bits per heavy atom. The summed E-state index contributed by atoms with van der Waals surface area (Å²) in [4.78, 5) is 0. The van der Waals surface area contributed by atoms with Crippen LogP contribution in [0.25, 0.3) is 0 Å². The van der Waals surface area contributed by atoms with Gasteiger partial charge in [0.2, 0.25) is 0 Å². The van der Waals surface area contributed by atoms with E-state index >= 15 is 0 Å². The lowest BCUT2D eigenvalue weighted by Crippen LogP contribution is -2.11. The lowest BCUT2D eigenvalue weighted by atomic mass is 10.5. The molecule has 0 aromatic heterocycles. The van der Waals surface area contributed by atoms with Gasteiger partial charge in [-0.15, -0.1) is 23.2 Å². The van der Waals surface area contributed by atoms with Crippen molar-refractivity contribution >= 4 is 47.6 Å². The lowest BCUT2D eigenvalue weighted by Gasteiger charge is -2.03. The average Bonchev–Trinajstić information content (AvgIpc) is 3.23. The number of hydrogen-bond acceptors (Lipinski definition) is 6. The van der Waals surface area contributed by atoms with E-state index in [9.17, 15) is 0 Å². The Hall–Kier alpha value is 1.12. The van der Waals surface area contributed by atoms with Gasteiger partial charge in [-0.1, -0.05) is 0 Å². The number of hydrogen-bond donors (Lipinski definition) is 4. The number of aliphatic hydroxyl groups excluding tert-OH is 3. The molecule has 8 heteroatoms. The molecule has 1 saturated heterocycles. The molecule has 1 aliphatic heterocycles. The van der Waals surface area contributed by atoms with Crippen molar-refractivity contribution in [1.82, 2.24) is 0 Å². The molecule has 0 amide bonds. The summed E-state index contributed by atoms with van der Waals surface area (Å²) in [5.41, 5.74) is 0. The van der Waals surface area contributed by atoms with Crippen molar-refractivity contribution in [2.75, 3.05) is 48.8 Å². The minimum Gasteiger partial charge on any atom is -0.396 e. The van der Waals surface area contributed by atoms with Gasteiger partial charge in [-0.2, -0.15) is 24.4 Å². The molecule has 0 bridgehead atoms. The van der Waals surface area contributed by atoms with Crippen LogP contribution in [0.1, 0.15) is 0 Å². The molecule has 0 saturated carbocycles. The quantitative estimate of drug-likeness (QED) is 0.239. The number of thiol groups is 1. The molecule has 0 radical (unpaired) electrons. The molecular weight excluding hydrogens is 319 g/mol. The van der Waals surface area contributed by atoms with E-state index < -0.39 is 6.10 Å². The first-order valence-corrected chi connectivity index (χ1v) is 8.33. The number of ether oxygens (including phenoxy) is 1. The van der Waals surface area contributed by atoms with Crippen LogP contribution >= 0.6 is 47.6 Å². The fourth-order valence-corrected chi connectivity index (χ4v) is 1.59. The number of thioether (sulfide) groups is 1. The van der Waals surface area contributed by atoms with Crippen LogP contribution in [-0.4, -0.2) is 76.4 Å². The zero-order chi connectivity index (χ0) is 14.2. The summed E-state index contributed by atoms with van der Waals surface area (Å²) in [6, 6.07) is 0. The van der Waals surface area contributed by atoms with Crippen molar-refractivity contribution in [2.24, 2.45) is 0 Å². The summed E-state index contributed by atoms with van der Waals surface area (Å²) < 4.78 is 4.73. The molecule has 112 valence electrons. The van der Waals surface area contributed by atoms with Gasteiger partial charge in [-0.25, -0.2) is 0 Å². The molecule has 1 heterocycles. The van der Waals surface area contributed by atoms with E-state index in [2.05, 4.69) is 12.6 Å². The van der Waals surface area contributed by atoms with Gasteiger partial charge in [0.1, 0.15) is 0 Å². The van der Waals surface area contributed by atoms with Gasteiger partial charge >= 0.3 is 0 Å². The third-order valence-corrected chi connectivity index (χ3v) is 3.39. The first kappa shape index (κ1) is 21.4. The Kier molecular flexibility index (Phi) is 21.6. The van der Waals surface area contributed by atoms with Crippen LogP contribution in [0.5, 0.6) is 0 Å². The molecular formula is C10H22Cl2O4S2. The van der Waals surface area contributed by atoms with Crippen LogP contribution in [0.4, 0.5) is 0 Å². The van der Waals surface area contributed by atoms with Gasteiger partial charge in [-0.3, -0.25) is 0 Å². The molecule has 0 spiro atoms. The zero-order valence-electron chi connectivity index (χ0n) is 10.2. The maximum absolute atomic E-state index is 8.85. The van der Waals surface area contributed by atoms with E-state index in [0.29, 0.717) is 29.2 Å². The summed E-state index contributed by atoms with van der Waals surface area (Å²) in [5.74, 6) is 2.80. The summed E-state index contributed by atoms with van der Waals surface area (Å²) in [7, 11) is 0. The smallest absolute Gasteiger partial charge is 0.0944 e. The second-order valence-corrected chi connectivity index (χ2v) is 5.38. The van der Waals surface area contributed by atoms with Crippen molar-refractivity contribution < 1.29 is 20.1 Å². The molecule has 18 heavy (non-hydrogen) atoms. The Labute approximate surface area is 128 Å². The van der Waals surface area contributed by atoms with E-state index in [0.717, 1.165) is 6.61 Å². The first-order chi connectivity index (χ1) is 8.65. The fraction of sp³-hybridized carbons (Fsp3) is 1.00. The normalized spacial score (nSPS) is 18.0. The van der Waals surface area contributed by atoms with Crippen LogP contribution in [0.15, 0.2) is 0 Å². The van der Waals surface area contributed by atoms with E-state index in [4.69, 9.17) is 43.3 Å². The average molecular weight is 341 g/mol. The van der Waals surface area contributed by atoms with Gasteiger partial charge in [0, 0.05) is 23.1 Å². The molecule has 1 fully saturated rings. The van der Waals surface area contributed by atoms with Crippen LogP contribution in [-0.2, 0) is 4.74 Å². The van der Waals surface area contributed by atoms with E-state index in [1.807, 2.05) is 0 Å². The first-order valence-electron chi connectivity index (χ1n) is 5.48. The summed E-state index contributed by atoms with van der Waals surface area (Å²) in [6.45, 7) is 1.23. The Morgan fingerprint density at radius 1 is 1.33 bits per heavy atom. The molecule has 1 aliphatic rings. The Balaban J connectivity index is 0. The minimum absolute atomic E-state index is 0.166. The SMILES string of the molecule is ClCC1CO1.OCCS.OCCSCC(O)CCl. The van der Waals surface area contributed by atoms with Crippen molar-refractivity contribution in [3.8, 4) is 0 Å². The Bertz CT molecular complexity index is 152. The van der Waals surface area contributed by atoms with Crippen LogP contribution in [0, 0.1) is 0 Å². The van der Waals surface area contributed by atoms with Crippen molar-refractivity contribution in [2.45, 2.75) is 12.2 Å². The summed E-state index contributed by atoms with van der Waals surface area (Å²) in [5, 5.41) is 25.0. The maximum atomic E-state index is 8.85. The molecule has 3 N–H and O–H groups in total. The Morgan fingerprint density at radius 2 is 1.89 bits per heavy atom. The summed E-state index contributed by atoms with van der Waals surface area (Å²) in [6.07, 6.45) is -0.0279. The largest absolute Gasteiger partial charge is 0.396 e. The standard InChI is InChI=1S/C5H11ClO2S.C3H5ClO.C2H6OS/c6-3-5(8)4-9-2-1-7;4-1-3-2-5-3;3-1-2-4/h5,7-8H,1-4H2;3H,1-2H2;3-4H,1-2H2. The van der Waals surface area contributed by atoms with Gasteiger partial charge < -0.3 is 20.1 Å². The molecule has 2 unspecified atom stereocenters. The second-order valence-electron chi connectivity index (χ2n) is 3.16. The minimum atomic E-state index is -0.428. The topological polar surface area (TPSA) is 73.2 Å². The predicted octanol–water partition coefficient (Wildman–Crippen LogP) is 0.844. The monoisotopic (exact) mass is 340 g/mol. The number of halogens is 2. The fourth-order valence-electron chi connectivity index (χ4n) is 0.486.